The van der Waals surface area contributed by atoms with Crippen LogP contribution in [0.4, 0.5) is 5.69 Å². The van der Waals surface area contributed by atoms with E-state index in [0.717, 1.165) is 5.56 Å². The number of anilines is 1. The normalized spacial score (nSPS) is 10.6. The second kappa shape index (κ2) is 5.46. The molecule has 106 valence electrons. The van der Waals surface area contributed by atoms with Gasteiger partial charge >= 0.3 is 0 Å². The Bertz CT molecular complexity index is 786. The molecule has 1 heterocycles. The maximum Gasteiger partial charge on any atom is 0.258 e. The highest BCUT2D eigenvalue weighted by atomic mass is 35.5. The van der Waals surface area contributed by atoms with Gasteiger partial charge in [-0.3, -0.25) is 0 Å². The van der Waals surface area contributed by atoms with Crippen LogP contribution in [0.2, 0.25) is 5.02 Å². The molecule has 0 fully saturated rings. The Balaban J connectivity index is 2.01. The SMILES string of the molecule is COc1ccccc1-c1noc(-c2ccc(Cl)c(N)c2)n1. The first-order valence-electron chi connectivity index (χ1n) is 6.21. The number of hydrogen-bond donors (Lipinski definition) is 1. The molecule has 0 aliphatic heterocycles. The minimum Gasteiger partial charge on any atom is -0.496 e. The van der Waals surface area contributed by atoms with Gasteiger partial charge in [0.15, 0.2) is 0 Å². The average Bonchev–Trinajstić information content (AvgIpc) is 2.99. The van der Waals surface area contributed by atoms with Gasteiger partial charge in [-0.25, -0.2) is 0 Å². The largest absolute Gasteiger partial charge is 0.496 e. The summed E-state index contributed by atoms with van der Waals surface area (Å²) in [5, 5.41) is 4.47. The molecule has 0 aliphatic carbocycles. The monoisotopic (exact) mass is 301 g/mol. The number of para-hydroxylation sites is 1. The molecule has 0 bridgehead atoms. The van der Waals surface area contributed by atoms with Crippen LogP contribution < -0.4 is 10.5 Å². The standard InChI is InChI=1S/C15H12ClN3O2/c1-20-13-5-3-2-4-10(13)14-18-15(21-19-14)9-6-7-11(16)12(17)8-9/h2-8H,17H2,1H3. The number of hydrogen-bond acceptors (Lipinski definition) is 5. The van der Waals surface area contributed by atoms with E-state index in [1.807, 2.05) is 24.3 Å². The van der Waals surface area contributed by atoms with Gasteiger partial charge in [0.25, 0.3) is 5.89 Å². The number of methoxy groups -OCH3 is 1. The molecule has 0 saturated carbocycles. The van der Waals surface area contributed by atoms with Crippen LogP contribution in [0.25, 0.3) is 22.8 Å². The Labute approximate surface area is 126 Å². The summed E-state index contributed by atoms with van der Waals surface area (Å²) in [6.07, 6.45) is 0. The van der Waals surface area contributed by atoms with Crippen molar-refractivity contribution in [1.29, 1.82) is 0 Å². The number of benzene rings is 2. The predicted molar refractivity (Wildman–Crippen MR) is 81.1 cm³/mol. The summed E-state index contributed by atoms with van der Waals surface area (Å²) < 4.78 is 10.6. The van der Waals surface area contributed by atoms with Crippen molar-refractivity contribution in [2.75, 3.05) is 12.8 Å². The second-order valence-corrected chi connectivity index (χ2v) is 4.77. The number of nitrogens with two attached hydrogens (primary N) is 1. The van der Waals surface area contributed by atoms with Gasteiger partial charge in [-0.05, 0) is 30.3 Å². The molecular weight excluding hydrogens is 290 g/mol. The van der Waals surface area contributed by atoms with E-state index in [0.29, 0.717) is 33.7 Å². The van der Waals surface area contributed by atoms with Gasteiger partial charge in [0, 0.05) is 5.56 Å². The van der Waals surface area contributed by atoms with Gasteiger partial charge in [-0.15, -0.1) is 0 Å². The molecule has 0 saturated heterocycles. The smallest absolute Gasteiger partial charge is 0.258 e. The topological polar surface area (TPSA) is 74.2 Å². The summed E-state index contributed by atoms with van der Waals surface area (Å²) in [4.78, 5) is 4.37. The summed E-state index contributed by atoms with van der Waals surface area (Å²) in [5.74, 6) is 1.51. The lowest BCUT2D eigenvalue weighted by Gasteiger charge is -2.03. The molecule has 3 aromatic rings. The Morgan fingerprint density at radius 3 is 2.76 bits per heavy atom. The Morgan fingerprint density at radius 2 is 2.00 bits per heavy atom. The molecule has 0 amide bonds. The van der Waals surface area contributed by atoms with E-state index in [2.05, 4.69) is 10.1 Å². The van der Waals surface area contributed by atoms with Crippen LogP contribution in [0.3, 0.4) is 0 Å². The number of halogens is 1. The Morgan fingerprint density at radius 1 is 1.19 bits per heavy atom. The molecule has 21 heavy (non-hydrogen) atoms. The highest BCUT2D eigenvalue weighted by molar-refractivity contribution is 6.33. The van der Waals surface area contributed by atoms with E-state index in [1.54, 1.807) is 25.3 Å². The molecule has 3 rings (SSSR count). The lowest BCUT2D eigenvalue weighted by atomic mass is 10.2. The molecule has 2 N–H and O–H groups in total. The number of ether oxygens (including phenoxy) is 1. The third kappa shape index (κ3) is 2.55. The zero-order valence-corrected chi connectivity index (χ0v) is 12.0. The van der Waals surface area contributed by atoms with Gasteiger partial charge in [0.05, 0.1) is 23.4 Å². The lowest BCUT2D eigenvalue weighted by Crippen LogP contribution is -1.89. The van der Waals surface area contributed by atoms with Crippen LogP contribution in [-0.2, 0) is 0 Å². The molecule has 0 radical (unpaired) electrons. The number of nitrogen functional groups attached to an aromatic ring is 1. The van der Waals surface area contributed by atoms with Crippen LogP contribution in [-0.4, -0.2) is 17.3 Å². The van der Waals surface area contributed by atoms with E-state index in [4.69, 9.17) is 26.6 Å². The first-order valence-corrected chi connectivity index (χ1v) is 6.59. The van der Waals surface area contributed by atoms with Crippen LogP contribution in [0, 0.1) is 0 Å². The van der Waals surface area contributed by atoms with E-state index in [-0.39, 0.29) is 0 Å². The van der Waals surface area contributed by atoms with Gasteiger partial charge in [0.1, 0.15) is 5.75 Å². The first-order chi connectivity index (χ1) is 10.2. The van der Waals surface area contributed by atoms with E-state index in [9.17, 15) is 0 Å². The number of nitrogens with zero attached hydrogens (tertiary/aromatic N) is 2. The molecule has 0 unspecified atom stereocenters. The van der Waals surface area contributed by atoms with Crippen molar-refractivity contribution < 1.29 is 9.26 Å². The third-order valence-electron chi connectivity index (χ3n) is 3.02. The van der Waals surface area contributed by atoms with Gasteiger partial charge in [-0.2, -0.15) is 4.98 Å². The highest BCUT2D eigenvalue weighted by Crippen LogP contribution is 2.30. The summed E-state index contributed by atoms with van der Waals surface area (Å²) >= 11 is 5.90. The molecule has 5 nitrogen and oxygen atoms in total. The fourth-order valence-electron chi connectivity index (χ4n) is 1.96. The van der Waals surface area contributed by atoms with Crippen molar-refractivity contribution in [3.05, 3.63) is 47.5 Å². The minimum absolute atomic E-state index is 0.374. The fraction of sp³-hybridized carbons (Fsp3) is 0.0667. The van der Waals surface area contributed by atoms with E-state index >= 15 is 0 Å². The Kier molecular flexibility index (Phi) is 3.50. The third-order valence-corrected chi connectivity index (χ3v) is 3.36. The molecule has 0 spiro atoms. The van der Waals surface area contributed by atoms with E-state index < -0.39 is 0 Å². The quantitative estimate of drug-likeness (QED) is 0.747. The van der Waals surface area contributed by atoms with Crippen molar-refractivity contribution in [3.63, 3.8) is 0 Å². The molecule has 0 aliphatic rings. The molecule has 0 atom stereocenters. The Hall–Kier alpha value is -2.53. The predicted octanol–water partition coefficient (Wildman–Crippen LogP) is 3.65. The number of aromatic nitrogens is 2. The highest BCUT2D eigenvalue weighted by Gasteiger charge is 2.14. The maximum absolute atomic E-state index is 5.90. The van der Waals surface area contributed by atoms with Gasteiger partial charge in [0.2, 0.25) is 5.82 Å². The van der Waals surface area contributed by atoms with Gasteiger partial charge in [-0.1, -0.05) is 28.9 Å². The van der Waals surface area contributed by atoms with Crippen molar-refractivity contribution in [2.45, 2.75) is 0 Å². The van der Waals surface area contributed by atoms with E-state index in [1.165, 1.54) is 0 Å². The summed E-state index contributed by atoms with van der Waals surface area (Å²) in [6, 6.07) is 12.6. The van der Waals surface area contributed by atoms with Crippen LogP contribution in [0.15, 0.2) is 47.0 Å². The fourth-order valence-corrected chi connectivity index (χ4v) is 2.07. The van der Waals surface area contributed by atoms with Crippen molar-refractivity contribution >= 4 is 17.3 Å². The number of rotatable bonds is 3. The summed E-state index contributed by atoms with van der Waals surface area (Å²) in [5.41, 5.74) is 7.72. The van der Waals surface area contributed by atoms with Crippen LogP contribution in [0.1, 0.15) is 0 Å². The average molecular weight is 302 g/mol. The zero-order valence-electron chi connectivity index (χ0n) is 11.2. The summed E-state index contributed by atoms with van der Waals surface area (Å²) in [6.45, 7) is 0. The molecule has 2 aromatic carbocycles. The van der Waals surface area contributed by atoms with Crippen molar-refractivity contribution in [2.24, 2.45) is 0 Å². The van der Waals surface area contributed by atoms with Crippen LogP contribution >= 0.6 is 11.6 Å². The van der Waals surface area contributed by atoms with Gasteiger partial charge < -0.3 is 15.0 Å². The summed E-state index contributed by atoms with van der Waals surface area (Å²) in [7, 11) is 1.60. The van der Waals surface area contributed by atoms with Crippen molar-refractivity contribution in [1.82, 2.24) is 10.1 Å². The molecule has 1 aromatic heterocycles. The second-order valence-electron chi connectivity index (χ2n) is 4.36. The minimum atomic E-state index is 0.374. The lowest BCUT2D eigenvalue weighted by molar-refractivity contribution is 0.413. The first kappa shape index (κ1) is 13.5. The zero-order chi connectivity index (χ0) is 14.8. The molecular formula is C15H12ClN3O2. The van der Waals surface area contributed by atoms with Crippen LogP contribution in [0.5, 0.6) is 5.75 Å². The molecule has 6 heteroatoms. The van der Waals surface area contributed by atoms with Crippen molar-refractivity contribution in [3.8, 4) is 28.6 Å². The maximum atomic E-state index is 5.90.